The number of ether oxygens (including phenoxy) is 3. The normalized spacial score (nSPS) is 20.2. The Kier molecular flexibility index (Phi) is 13.8. The number of hydrogen-bond donors (Lipinski definition) is 2. The molecule has 0 saturated carbocycles. The number of aliphatic hydroxyl groups is 1. The molecule has 1 aliphatic heterocycles. The van der Waals surface area contributed by atoms with Crippen LogP contribution in [-0.2, 0) is 27.5 Å². The highest BCUT2D eigenvalue weighted by Crippen LogP contribution is 2.31. The largest absolute Gasteiger partial charge is 0.497 e. The minimum atomic E-state index is -4.41. The van der Waals surface area contributed by atoms with Crippen LogP contribution in [0.4, 0.5) is 18.9 Å². The fraction of sp³-hybridized carbons (Fsp3) is 0.486. The molecule has 0 bridgehead atoms. The number of fused-ring (bicyclic) bond motifs is 1. The highest BCUT2D eigenvalue weighted by molar-refractivity contribution is 7.92. The number of carbonyl (C=O) groups is 1. The van der Waals surface area contributed by atoms with Crippen LogP contribution in [-0.4, -0.2) is 87.9 Å². The van der Waals surface area contributed by atoms with Gasteiger partial charge in [-0.15, -0.1) is 0 Å². The summed E-state index contributed by atoms with van der Waals surface area (Å²) in [6, 6.07) is 14.9. The van der Waals surface area contributed by atoms with Crippen molar-refractivity contribution in [2.24, 2.45) is 5.92 Å². The average molecular weight is 736 g/mol. The third-order valence-corrected chi connectivity index (χ3v) is 10.3. The van der Waals surface area contributed by atoms with E-state index in [2.05, 4.69) is 4.72 Å². The van der Waals surface area contributed by atoms with Crippen LogP contribution in [0.2, 0.25) is 0 Å². The number of rotatable bonds is 10. The van der Waals surface area contributed by atoms with Gasteiger partial charge in [0.15, 0.2) is 0 Å². The maximum atomic E-state index is 14.4. The molecule has 3 aromatic carbocycles. The third kappa shape index (κ3) is 11.1. The molecule has 3 aromatic rings. The molecule has 0 radical (unpaired) electrons. The Bertz CT molecular complexity index is 1690. The van der Waals surface area contributed by atoms with Crippen molar-refractivity contribution in [1.29, 1.82) is 0 Å². The lowest BCUT2D eigenvalue weighted by Crippen LogP contribution is -2.47. The molecule has 0 fully saturated rings. The van der Waals surface area contributed by atoms with E-state index in [1.165, 1.54) is 54.5 Å². The maximum absolute atomic E-state index is 14.4. The second kappa shape index (κ2) is 17.6. The van der Waals surface area contributed by atoms with Crippen LogP contribution in [0.1, 0.15) is 61.5 Å². The number of carbonyl (C=O) groups excluding carboxylic acids is 1. The lowest BCUT2D eigenvalue weighted by Gasteiger charge is -2.36. The van der Waals surface area contributed by atoms with Crippen molar-refractivity contribution in [3.05, 3.63) is 83.4 Å². The summed E-state index contributed by atoms with van der Waals surface area (Å²) >= 11 is 0. The van der Waals surface area contributed by atoms with E-state index < -0.39 is 33.7 Å². The molecule has 0 aromatic heterocycles. The molecule has 0 spiro atoms. The Morgan fingerprint density at radius 1 is 1.06 bits per heavy atom. The van der Waals surface area contributed by atoms with Gasteiger partial charge >= 0.3 is 6.18 Å². The van der Waals surface area contributed by atoms with Gasteiger partial charge in [0, 0.05) is 37.8 Å². The molecule has 0 aliphatic carbocycles. The zero-order valence-electron chi connectivity index (χ0n) is 29.7. The van der Waals surface area contributed by atoms with Crippen LogP contribution in [0.15, 0.2) is 71.6 Å². The van der Waals surface area contributed by atoms with E-state index in [1.807, 2.05) is 25.8 Å². The van der Waals surface area contributed by atoms with Gasteiger partial charge in [0.2, 0.25) is 0 Å². The van der Waals surface area contributed by atoms with Crippen LogP contribution in [0.5, 0.6) is 11.5 Å². The molecule has 1 aliphatic rings. The number of nitrogens with zero attached hydrogens (tertiary/aromatic N) is 2. The van der Waals surface area contributed by atoms with Crippen molar-refractivity contribution in [3.8, 4) is 11.5 Å². The van der Waals surface area contributed by atoms with Crippen LogP contribution >= 0.6 is 0 Å². The Hall–Kier alpha value is -3.85. The monoisotopic (exact) mass is 735 g/mol. The predicted molar refractivity (Wildman–Crippen MR) is 188 cm³/mol. The van der Waals surface area contributed by atoms with Crippen molar-refractivity contribution < 1.29 is 45.7 Å². The van der Waals surface area contributed by atoms with Crippen molar-refractivity contribution in [2.75, 3.05) is 45.2 Å². The lowest BCUT2D eigenvalue weighted by atomic mass is 10.0. The van der Waals surface area contributed by atoms with Gasteiger partial charge in [-0.25, -0.2) is 8.42 Å². The molecule has 10 nitrogen and oxygen atoms in total. The van der Waals surface area contributed by atoms with E-state index in [0.29, 0.717) is 43.2 Å². The van der Waals surface area contributed by atoms with Gasteiger partial charge in [-0.05, 0) is 100 Å². The number of amides is 1. The fourth-order valence-corrected chi connectivity index (χ4v) is 6.95. The molecule has 14 heteroatoms. The van der Waals surface area contributed by atoms with E-state index >= 15 is 0 Å². The molecular formula is C37H48F3N3O7S. The minimum absolute atomic E-state index is 0.0123. The Labute approximate surface area is 298 Å². The number of methoxy groups -OCH3 is 1. The van der Waals surface area contributed by atoms with Gasteiger partial charge in [0.25, 0.3) is 15.9 Å². The second-order valence-electron chi connectivity index (χ2n) is 13.2. The van der Waals surface area contributed by atoms with E-state index in [0.717, 1.165) is 25.0 Å². The molecule has 1 amide bonds. The number of anilines is 1. The lowest BCUT2D eigenvalue weighted by molar-refractivity contribution is -0.137. The smallest absolute Gasteiger partial charge is 0.416 e. The van der Waals surface area contributed by atoms with Gasteiger partial charge in [-0.1, -0.05) is 19.1 Å². The molecule has 2 N–H and O–H groups in total. The summed E-state index contributed by atoms with van der Waals surface area (Å²) < 4.78 is 86.1. The summed E-state index contributed by atoms with van der Waals surface area (Å²) in [5, 5.41) is 10.2. The number of aliphatic hydroxyl groups excluding tert-OH is 1. The van der Waals surface area contributed by atoms with Crippen LogP contribution < -0.4 is 14.2 Å². The number of sulfonamides is 1. The summed E-state index contributed by atoms with van der Waals surface area (Å²) in [6.07, 6.45) is -2.81. The molecule has 1 heterocycles. The Balaban J connectivity index is 1.61. The molecular weight excluding hydrogens is 687 g/mol. The standard InChI is InChI=1S/C37H48F3N3O7S/c1-25-21-43(26(2)24-44)36(45)33-20-30(41-51(46,47)32-16-14-31(48-5)15-17-32)13-18-34(33)50-27(3)8-6-7-19-49-35(25)23-42(4)22-28-9-11-29(12-10-28)37(38,39)40/h9-18,20,25-27,35,41,44H,6-8,19,21-24H2,1-5H3/t25-,26+,27-,35-/m0/s1. The fourth-order valence-electron chi connectivity index (χ4n) is 5.90. The van der Waals surface area contributed by atoms with Crippen LogP contribution in [0.3, 0.4) is 0 Å². The third-order valence-electron chi connectivity index (χ3n) is 8.90. The highest BCUT2D eigenvalue weighted by Gasteiger charge is 2.32. The second-order valence-corrected chi connectivity index (χ2v) is 14.9. The molecule has 280 valence electrons. The maximum Gasteiger partial charge on any atom is 0.416 e. The van der Waals surface area contributed by atoms with E-state index in [1.54, 1.807) is 19.1 Å². The van der Waals surface area contributed by atoms with Gasteiger partial charge in [-0.2, -0.15) is 13.2 Å². The van der Waals surface area contributed by atoms with Crippen molar-refractivity contribution in [2.45, 2.75) is 75.9 Å². The van der Waals surface area contributed by atoms with Crippen LogP contribution in [0, 0.1) is 5.92 Å². The molecule has 0 unspecified atom stereocenters. The van der Waals surface area contributed by atoms with Crippen molar-refractivity contribution in [3.63, 3.8) is 0 Å². The van der Waals surface area contributed by atoms with E-state index in [9.17, 15) is 31.5 Å². The Morgan fingerprint density at radius 2 is 1.75 bits per heavy atom. The van der Waals surface area contributed by atoms with Gasteiger partial charge in [0.1, 0.15) is 11.5 Å². The Morgan fingerprint density at radius 3 is 2.37 bits per heavy atom. The number of alkyl halides is 3. The summed E-state index contributed by atoms with van der Waals surface area (Å²) in [6.45, 7) is 6.73. The van der Waals surface area contributed by atoms with Gasteiger partial charge in [-0.3, -0.25) is 14.4 Å². The average Bonchev–Trinajstić information content (AvgIpc) is 3.09. The minimum Gasteiger partial charge on any atom is -0.497 e. The number of likely N-dealkylation sites (N-methyl/N-ethyl adjacent to an activating group) is 1. The summed E-state index contributed by atoms with van der Waals surface area (Å²) in [4.78, 5) is 17.9. The SMILES string of the molecule is COc1ccc(S(=O)(=O)Nc2ccc3c(c2)C(=O)N([C@H](C)CO)C[C@H](C)[C@H](CN(C)Cc2ccc(C(F)(F)F)cc2)OCCCC[C@H](C)O3)cc1. The van der Waals surface area contributed by atoms with Crippen LogP contribution in [0.25, 0.3) is 0 Å². The zero-order chi connectivity index (χ0) is 37.3. The van der Waals surface area contributed by atoms with Crippen molar-refractivity contribution >= 4 is 21.6 Å². The summed E-state index contributed by atoms with van der Waals surface area (Å²) in [5.74, 6) is 0.109. The number of halogens is 3. The molecule has 4 rings (SSSR count). The number of nitrogens with one attached hydrogen (secondary N) is 1. The first-order valence-electron chi connectivity index (χ1n) is 17.0. The topological polar surface area (TPSA) is 118 Å². The van der Waals surface area contributed by atoms with Gasteiger partial charge in [0.05, 0.1) is 48.0 Å². The quantitative estimate of drug-likeness (QED) is 0.245. The first kappa shape index (κ1) is 39.9. The first-order valence-corrected chi connectivity index (χ1v) is 18.4. The summed E-state index contributed by atoms with van der Waals surface area (Å²) in [5.41, 5.74) is 0.306. The summed E-state index contributed by atoms with van der Waals surface area (Å²) in [7, 11) is -0.672. The van der Waals surface area contributed by atoms with E-state index in [4.69, 9.17) is 14.2 Å². The highest BCUT2D eigenvalue weighted by atomic mass is 32.2. The first-order chi connectivity index (χ1) is 24.1. The molecule has 51 heavy (non-hydrogen) atoms. The number of benzene rings is 3. The van der Waals surface area contributed by atoms with E-state index in [-0.39, 0.29) is 47.4 Å². The molecule has 4 atom stereocenters. The number of hydrogen-bond acceptors (Lipinski definition) is 8. The van der Waals surface area contributed by atoms with Gasteiger partial charge < -0.3 is 24.2 Å². The predicted octanol–water partition coefficient (Wildman–Crippen LogP) is 6.44. The zero-order valence-corrected chi connectivity index (χ0v) is 30.5. The van der Waals surface area contributed by atoms with Crippen molar-refractivity contribution in [1.82, 2.24) is 9.80 Å². The molecule has 0 saturated heterocycles.